The first-order chi connectivity index (χ1) is 7.58. The Balaban J connectivity index is 2.50. The fourth-order valence-electron chi connectivity index (χ4n) is 2.21. The van der Waals surface area contributed by atoms with Gasteiger partial charge in [-0.15, -0.1) is 0 Å². The molecular weight excluding hydrogens is 205 g/mol. The summed E-state index contributed by atoms with van der Waals surface area (Å²) in [6, 6.07) is 2.97. The van der Waals surface area contributed by atoms with Gasteiger partial charge in [-0.25, -0.2) is 4.39 Å². The summed E-state index contributed by atoms with van der Waals surface area (Å²) >= 11 is 0. The van der Waals surface area contributed by atoms with Crippen LogP contribution in [0.15, 0.2) is 12.1 Å². The topological polar surface area (TPSA) is 29.1 Å². The van der Waals surface area contributed by atoms with Crippen LogP contribution in [-0.2, 0) is 12.8 Å². The highest BCUT2D eigenvalue weighted by Crippen LogP contribution is 2.22. The quantitative estimate of drug-likeness (QED) is 0.815. The molecule has 0 saturated carbocycles. The highest BCUT2D eigenvalue weighted by Gasteiger charge is 2.21. The van der Waals surface area contributed by atoms with Gasteiger partial charge in [-0.2, -0.15) is 0 Å². The maximum atomic E-state index is 13.4. The molecule has 0 bridgehead atoms. The van der Waals surface area contributed by atoms with Crippen LogP contribution in [0, 0.1) is 11.7 Å². The molecule has 16 heavy (non-hydrogen) atoms. The van der Waals surface area contributed by atoms with Gasteiger partial charge < -0.3 is 5.32 Å². The van der Waals surface area contributed by atoms with E-state index < -0.39 is 0 Å². The van der Waals surface area contributed by atoms with Crippen molar-refractivity contribution in [3.63, 3.8) is 0 Å². The van der Waals surface area contributed by atoms with E-state index in [9.17, 15) is 9.18 Å². The number of hydrogen-bond donors (Lipinski definition) is 1. The van der Waals surface area contributed by atoms with Crippen molar-refractivity contribution in [2.45, 2.75) is 26.7 Å². The minimum Gasteiger partial charge on any atom is -0.352 e. The lowest BCUT2D eigenvalue weighted by molar-refractivity contribution is 0.0944. The van der Waals surface area contributed by atoms with E-state index in [1.54, 1.807) is 0 Å². The summed E-state index contributed by atoms with van der Waals surface area (Å²) in [5, 5.41) is 2.81. The first-order valence-corrected chi connectivity index (χ1v) is 5.67. The zero-order chi connectivity index (χ0) is 11.7. The van der Waals surface area contributed by atoms with Crippen LogP contribution >= 0.6 is 0 Å². The monoisotopic (exact) mass is 221 g/mol. The summed E-state index contributed by atoms with van der Waals surface area (Å²) < 4.78 is 13.4. The van der Waals surface area contributed by atoms with Gasteiger partial charge in [0.15, 0.2) is 0 Å². The normalized spacial score (nSPS) is 14.9. The Labute approximate surface area is 94.9 Å². The third-order valence-electron chi connectivity index (χ3n) is 2.80. The zero-order valence-electron chi connectivity index (χ0n) is 9.64. The van der Waals surface area contributed by atoms with Crippen molar-refractivity contribution in [3.05, 3.63) is 34.6 Å². The van der Waals surface area contributed by atoms with E-state index in [0.717, 1.165) is 24.0 Å². The first kappa shape index (κ1) is 11.1. The average Bonchev–Trinajstić information content (AvgIpc) is 2.15. The van der Waals surface area contributed by atoms with Crippen molar-refractivity contribution in [3.8, 4) is 0 Å². The van der Waals surface area contributed by atoms with Crippen LogP contribution in [-0.4, -0.2) is 12.5 Å². The second-order valence-electron chi connectivity index (χ2n) is 4.70. The molecule has 1 amide bonds. The van der Waals surface area contributed by atoms with Crippen LogP contribution in [0.2, 0.25) is 0 Å². The molecule has 2 nitrogen and oxygen atoms in total. The molecule has 1 aliphatic heterocycles. The second kappa shape index (κ2) is 4.24. The van der Waals surface area contributed by atoms with Gasteiger partial charge in [0.1, 0.15) is 5.82 Å². The smallest absolute Gasteiger partial charge is 0.251 e. The molecule has 1 heterocycles. The molecule has 86 valence electrons. The SMILES string of the molecule is CC(C)Cc1cc(F)cc2c1C(=O)NCC2. The fraction of sp³-hybridized carbons (Fsp3) is 0.462. The van der Waals surface area contributed by atoms with E-state index in [4.69, 9.17) is 0 Å². The largest absolute Gasteiger partial charge is 0.352 e. The molecule has 0 saturated heterocycles. The Hall–Kier alpha value is -1.38. The summed E-state index contributed by atoms with van der Waals surface area (Å²) in [5.41, 5.74) is 2.38. The average molecular weight is 221 g/mol. The summed E-state index contributed by atoms with van der Waals surface area (Å²) in [6.45, 7) is 4.74. The fourth-order valence-corrected chi connectivity index (χ4v) is 2.21. The highest BCUT2D eigenvalue weighted by atomic mass is 19.1. The Morgan fingerprint density at radius 2 is 2.19 bits per heavy atom. The first-order valence-electron chi connectivity index (χ1n) is 5.67. The van der Waals surface area contributed by atoms with Crippen LogP contribution in [0.1, 0.15) is 35.3 Å². The third-order valence-corrected chi connectivity index (χ3v) is 2.80. The summed E-state index contributed by atoms with van der Waals surface area (Å²) in [6.07, 6.45) is 1.47. The number of benzene rings is 1. The molecule has 0 unspecified atom stereocenters. The Morgan fingerprint density at radius 3 is 2.88 bits per heavy atom. The van der Waals surface area contributed by atoms with Gasteiger partial charge in [-0.1, -0.05) is 13.8 Å². The summed E-state index contributed by atoms with van der Waals surface area (Å²) in [7, 11) is 0. The van der Waals surface area contributed by atoms with E-state index in [0.29, 0.717) is 18.0 Å². The van der Waals surface area contributed by atoms with Gasteiger partial charge in [0.25, 0.3) is 5.91 Å². The summed E-state index contributed by atoms with van der Waals surface area (Å²) in [5.74, 6) is 0.127. The number of amides is 1. The van der Waals surface area contributed by atoms with Crippen LogP contribution in [0.5, 0.6) is 0 Å². The predicted molar refractivity (Wildman–Crippen MR) is 61.0 cm³/mol. The molecule has 2 rings (SSSR count). The number of hydrogen-bond acceptors (Lipinski definition) is 1. The molecule has 0 aliphatic carbocycles. The van der Waals surface area contributed by atoms with Crippen LogP contribution in [0.3, 0.4) is 0 Å². The van der Waals surface area contributed by atoms with Gasteiger partial charge >= 0.3 is 0 Å². The minimum absolute atomic E-state index is 0.0584. The van der Waals surface area contributed by atoms with Gasteiger partial charge in [0, 0.05) is 12.1 Å². The van der Waals surface area contributed by atoms with E-state index >= 15 is 0 Å². The number of rotatable bonds is 2. The maximum Gasteiger partial charge on any atom is 0.251 e. The second-order valence-corrected chi connectivity index (χ2v) is 4.70. The molecule has 0 radical (unpaired) electrons. The van der Waals surface area contributed by atoms with Crippen LogP contribution < -0.4 is 5.32 Å². The van der Waals surface area contributed by atoms with Crippen molar-refractivity contribution >= 4 is 5.91 Å². The molecule has 0 aromatic heterocycles. The maximum absolute atomic E-state index is 13.4. The molecule has 1 aliphatic rings. The predicted octanol–water partition coefficient (Wildman–Crippen LogP) is 2.31. The number of fused-ring (bicyclic) bond motifs is 1. The van der Waals surface area contributed by atoms with Crippen molar-refractivity contribution < 1.29 is 9.18 Å². The van der Waals surface area contributed by atoms with E-state index in [1.165, 1.54) is 12.1 Å². The number of carbonyl (C=O) groups excluding carboxylic acids is 1. The molecule has 1 aromatic rings. The van der Waals surface area contributed by atoms with Gasteiger partial charge in [0.05, 0.1) is 0 Å². The Kier molecular flexibility index (Phi) is 2.95. The standard InChI is InChI=1S/C13H16FNO/c1-8(2)5-10-7-11(14)6-9-3-4-15-13(16)12(9)10/h6-8H,3-5H2,1-2H3,(H,15,16). The van der Waals surface area contributed by atoms with Crippen molar-refractivity contribution in [1.82, 2.24) is 5.32 Å². The number of nitrogens with one attached hydrogen (secondary N) is 1. The van der Waals surface area contributed by atoms with Crippen LogP contribution in [0.4, 0.5) is 4.39 Å². The molecule has 0 atom stereocenters. The number of halogens is 1. The Bertz CT molecular complexity index is 426. The molecule has 1 aromatic carbocycles. The lowest BCUT2D eigenvalue weighted by atomic mass is 9.90. The van der Waals surface area contributed by atoms with Crippen molar-refractivity contribution in [2.24, 2.45) is 5.92 Å². The van der Waals surface area contributed by atoms with E-state index in [1.807, 2.05) is 0 Å². The molecule has 1 N–H and O–H groups in total. The minimum atomic E-state index is -0.232. The van der Waals surface area contributed by atoms with Crippen molar-refractivity contribution in [2.75, 3.05) is 6.54 Å². The summed E-state index contributed by atoms with van der Waals surface area (Å²) in [4.78, 5) is 11.8. The highest BCUT2D eigenvalue weighted by molar-refractivity contribution is 5.98. The molecular formula is C13H16FNO. The molecule has 0 fully saturated rings. The van der Waals surface area contributed by atoms with Crippen molar-refractivity contribution in [1.29, 1.82) is 0 Å². The third kappa shape index (κ3) is 2.08. The lowest BCUT2D eigenvalue weighted by Crippen LogP contribution is -2.33. The Morgan fingerprint density at radius 1 is 1.44 bits per heavy atom. The van der Waals surface area contributed by atoms with E-state index in [-0.39, 0.29) is 11.7 Å². The van der Waals surface area contributed by atoms with Gasteiger partial charge in [-0.05, 0) is 42.0 Å². The molecule has 0 spiro atoms. The molecule has 3 heteroatoms. The lowest BCUT2D eigenvalue weighted by Gasteiger charge is -2.20. The van der Waals surface area contributed by atoms with E-state index in [2.05, 4.69) is 19.2 Å². The number of carbonyl (C=O) groups is 1. The van der Waals surface area contributed by atoms with Gasteiger partial charge in [-0.3, -0.25) is 4.79 Å². The van der Waals surface area contributed by atoms with Crippen LogP contribution in [0.25, 0.3) is 0 Å². The van der Waals surface area contributed by atoms with Gasteiger partial charge in [0.2, 0.25) is 0 Å². The zero-order valence-corrected chi connectivity index (χ0v) is 9.64.